The molecule has 0 bridgehead atoms. The Hall–Kier alpha value is -1.10. The van der Waals surface area contributed by atoms with Crippen molar-refractivity contribution in [3.63, 3.8) is 0 Å². The summed E-state index contributed by atoms with van der Waals surface area (Å²) >= 11 is 5.85. The van der Waals surface area contributed by atoms with Crippen molar-refractivity contribution >= 4 is 23.2 Å². The van der Waals surface area contributed by atoms with Crippen molar-refractivity contribution in [3.05, 3.63) is 29.3 Å². The summed E-state index contributed by atoms with van der Waals surface area (Å²) in [5.74, 6) is 0.00794. The Morgan fingerprint density at radius 3 is 2.83 bits per heavy atom. The average Bonchev–Trinajstić information content (AvgIpc) is 2.34. The largest absolute Gasteiger partial charge is 0.326 e. The van der Waals surface area contributed by atoms with E-state index >= 15 is 0 Å². The van der Waals surface area contributed by atoms with Gasteiger partial charge in [0.25, 0.3) is 0 Å². The van der Waals surface area contributed by atoms with Crippen molar-refractivity contribution in [3.8, 4) is 0 Å². The lowest BCUT2D eigenvalue weighted by molar-refractivity contribution is -0.116. The van der Waals surface area contributed by atoms with Gasteiger partial charge in [-0.2, -0.15) is 0 Å². The maximum absolute atomic E-state index is 11.7. The second-order valence-electron chi connectivity index (χ2n) is 4.22. The number of nitrogens with one attached hydrogen (secondary N) is 2. The molecule has 0 aliphatic carbocycles. The van der Waals surface area contributed by atoms with Crippen LogP contribution in [0.5, 0.6) is 0 Å². The first-order valence-electron chi connectivity index (χ1n) is 6.00. The zero-order chi connectivity index (χ0) is 13.4. The minimum Gasteiger partial charge on any atom is -0.326 e. The van der Waals surface area contributed by atoms with Gasteiger partial charge in [0.2, 0.25) is 5.91 Å². The van der Waals surface area contributed by atoms with Crippen LogP contribution in [0.1, 0.15) is 6.42 Å². The maximum Gasteiger partial charge on any atom is 0.225 e. The first-order chi connectivity index (χ1) is 8.61. The van der Waals surface area contributed by atoms with Gasteiger partial charge >= 0.3 is 0 Å². The van der Waals surface area contributed by atoms with Gasteiger partial charge in [0.1, 0.15) is 0 Å². The van der Waals surface area contributed by atoms with Crippen LogP contribution in [-0.4, -0.2) is 44.5 Å². The van der Waals surface area contributed by atoms with Crippen LogP contribution in [0.15, 0.2) is 24.3 Å². The summed E-state index contributed by atoms with van der Waals surface area (Å²) < 4.78 is 0. The molecule has 0 fully saturated rings. The molecule has 18 heavy (non-hydrogen) atoms. The van der Waals surface area contributed by atoms with Crippen molar-refractivity contribution in [1.82, 2.24) is 10.2 Å². The molecular weight excluding hydrogens is 250 g/mol. The zero-order valence-electron chi connectivity index (χ0n) is 10.9. The van der Waals surface area contributed by atoms with E-state index in [0.29, 0.717) is 11.4 Å². The number of hydrogen-bond donors (Lipinski definition) is 2. The molecule has 0 unspecified atom stereocenters. The number of carbonyl (C=O) groups is 1. The first-order valence-corrected chi connectivity index (χ1v) is 6.38. The summed E-state index contributed by atoms with van der Waals surface area (Å²) in [7, 11) is 3.92. The number of hydrogen-bond acceptors (Lipinski definition) is 3. The lowest BCUT2D eigenvalue weighted by Crippen LogP contribution is -2.30. The highest BCUT2D eigenvalue weighted by Gasteiger charge is 2.05. The number of nitrogens with zero attached hydrogens (tertiary/aromatic N) is 1. The average molecular weight is 270 g/mol. The van der Waals surface area contributed by atoms with Gasteiger partial charge in [0, 0.05) is 36.8 Å². The lowest BCUT2D eigenvalue weighted by atomic mass is 10.3. The van der Waals surface area contributed by atoms with Crippen molar-refractivity contribution < 1.29 is 4.79 Å². The van der Waals surface area contributed by atoms with E-state index in [0.717, 1.165) is 25.3 Å². The normalized spacial score (nSPS) is 10.7. The minimum absolute atomic E-state index is 0.00794. The summed E-state index contributed by atoms with van der Waals surface area (Å²) in [6, 6.07) is 7.17. The molecule has 0 saturated carbocycles. The molecule has 1 aromatic carbocycles. The third-order valence-electron chi connectivity index (χ3n) is 2.57. The Balaban J connectivity index is 2.29. The molecule has 0 aromatic heterocycles. The van der Waals surface area contributed by atoms with Crippen LogP contribution in [-0.2, 0) is 4.79 Å². The van der Waals surface area contributed by atoms with E-state index in [9.17, 15) is 4.79 Å². The van der Waals surface area contributed by atoms with Crippen LogP contribution >= 0.6 is 11.6 Å². The summed E-state index contributed by atoms with van der Waals surface area (Å²) in [6.07, 6.45) is 0.479. The summed E-state index contributed by atoms with van der Waals surface area (Å²) in [5, 5.41) is 6.53. The maximum atomic E-state index is 11.7. The fourth-order valence-electron chi connectivity index (χ4n) is 1.50. The number of halogens is 1. The van der Waals surface area contributed by atoms with Crippen molar-refractivity contribution in [2.75, 3.05) is 39.0 Å². The monoisotopic (exact) mass is 269 g/mol. The second-order valence-corrected chi connectivity index (χ2v) is 4.65. The third-order valence-corrected chi connectivity index (χ3v) is 2.81. The van der Waals surface area contributed by atoms with E-state index in [-0.39, 0.29) is 5.91 Å². The zero-order valence-corrected chi connectivity index (χ0v) is 11.6. The molecule has 0 atom stereocenters. The molecule has 100 valence electrons. The standard InChI is InChI=1S/C13H20ClN3O/c1-15-7-9-17(2)8-6-13(18)16-12-5-3-4-11(14)10-12/h3-5,10,15H,6-9H2,1-2H3,(H,16,18). The Bertz CT molecular complexity index is 384. The second kappa shape index (κ2) is 8.08. The van der Waals surface area contributed by atoms with E-state index in [1.807, 2.05) is 26.2 Å². The van der Waals surface area contributed by atoms with Gasteiger partial charge in [0.05, 0.1) is 0 Å². The van der Waals surface area contributed by atoms with Crippen LogP contribution in [0.4, 0.5) is 5.69 Å². The molecule has 4 nitrogen and oxygen atoms in total. The predicted octanol–water partition coefficient (Wildman–Crippen LogP) is 1.82. The van der Waals surface area contributed by atoms with Crippen molar-refractivity contribution in [2.45, 2.75) is 6.42 Å². The number of anilines is 1. The summed E-state index contributed by atoms with van der Waals surface area (Å²) in [6.45, 7) is 2.60. The van der Waals surface area contributed by atoms with Gasteiger partial charge in [-0.25, -0.2) is 0 Å². The predicted molar refractivity (Wildman–Crippen MR) is 76.1 cm³/mol. The summed E-state index contributed by atoms with van der Waals surface area (Å²) in [4.78, 5) is 13.8. The molecule has 1 amide bonds. The Morgan fingerprint density at radius 2 is 2.17 bits per heavy atom. The molecular formula is C13H20ClN3O. The number of rotatable bonds is 7. The lowest BCUT2D eigenvalue weighted by Gasteiger charge is -2.15. The van der Waals surface area contributed by atoms with Crippen LogP contribution in [0.2, 0.25) is 5.02 Å². The fraction of sp³-hybridized carbons (Fsp3) is 0.462. The van der Waals surface area contributed by atoms with E-state index in [4.69, 9.17) is 11.6 Å². The van der Waals surface area contributed by atoms with E-state index in [2.05, 4.69) is 15.5 Å². The van der Waals surface area contributed by atoms with Gasteiger partial charge in [0.15, 0.2) is 0 Å². The van der Waals surface area contributed by atoms with Gasteiger partial charge in [-0.15, -0.1) is 0 Å². The number of benzene rings is 1. The van der Waals surface area contributed by atoms with Crippen LogP contribution in [0.25, 0.3) is 0 Å². The van der Waals surface area contributed by atoms with Crippen LogP contribution < -0.4 is 10.6 Å². The SMILES string of the molecule is CNCCN(C)CCC(=O)Nc1cccc(Cl)c1. The molecule has 0 aliphatic rings. The Labute approximate surface area is 113 Å². The van der Waals surface area contributed by atoms with Crippen LogP contribution in [0.3, 0.4) is 0 Å². The van der Waals surface area contributed by atoms with E-state index in [1.165, 1.54) is 0 Å². The molecule has 5 heteroatoms. The van der Waals surface area contributed by atoms with Gasteiger partial charge in [-0.1, -0.05) is 17.7 Å². The van der Waals surface area contributed by atoms with Gasteiger partial charge in [-0.3, -0.25) is 4.79 Å². The molecule has 0 radical (unpaired) electrons. The molecule has 1 rings (SSSR count). The fourth-order valence-corrected chi connectivity index (χ4v) is 1.69. The molecule has 0 saturated heterocycles. The quantitative estimate of drug-likeness (QED) is 0.794. The van der Waals surface area contributed by atoms with Crippen molar-refractivity contribution in [2.24, 2.45) is 0 Å². The minimum atomic E-state index is 0.00794. The number of likely N-dealkylation sites (N-methyl/N-ethyl adjacent to an activating group) is 2. The molecule has 0 heterocycles. The molecule has 2 N–H and O–H groups in total. The van der Waals surface area contributed by atoms with Crippen molar-refractivity contribution in [1.29, 1.82) is 0 Å². The van der Waals surface area contributed by atoms with E-state index in [1.54, 1.807) is 12.1 Å². The highest BCUT2D eigenvalue weighted by molar-refractivity contribution is 6.30. The number of amides is 1. The smallest absolute Gasteiger partial charge is 0.225 e. The highest BCUT2D eigenvalue weighted by atomic mass is 35.5. The first kappa shape index (κ1) is 15.0. The third kappa shape index (κ3) is 6.00. The molecule has 0 aliphatic heterocycles. The van der Waals surface area contributed by atoms with Crippen LogP contribution in [0, 0.1) is 0 Å². The topological polar surface area (TPSA) is 44.4 Å². The van der Waals surface area contributed by atoms with Gasteiger partial charge in [-0.05, 0) is 32.3 Å². The molecule has 1 aromatic rings. The highest BCUT2D eigenvalue weighted by Crippen LogP contribution is 2.14. The number of carbonyl (C=O) groups excluding carboxylic acids is 1. The Morgan fingerprint density at radius 1 is 1.39 bits per heavy atom. The summed E-state index contributed by atoms with van der Waals surface area (Å²) in [5.41, 5.74) is 0.741. The molecule has 0 spiro atoms. The Kier molecular flexibility index (Phi) is 6.72. The van der Waals surface area contributed by atoms with E-state index < -0.39 is 0 Å². The van der Waals surface area contributed by atoms with Gasteiger partial charge < -0.3 is 15.5 Å².